The molecule has 8 nitrogen and oxygen atoms in total. The highest BCUT2D eigenvalue weighted by molar-refractivity contribution is 7.47. The second kappa shape index (κ2) is 27.8. The number of unbranched alkanes of at least 4 members (excludes halogenated alkanes) is 15. The highest BCUT2D eigenvalue weighted by Crippen LogP contribution is 2.43. The van der Waals surface area contributed by atoms with Crippen LogP contribution in [0.25, 0.3) is 0 Å². The van der Waals surface area contributed by atoms with Crippen LogP contribution in [0.4, 0.5) is 0 Å². The van der Waals surface area contributed by atoms with E-state index < -0.39 is 13.9 Å². The van der Waals surface area contributed by atoms with E-state index in [0.717, 1.165) is 38.5 Å². The van der Waals surface area contributed by atoms with Crippen molar-refractivity contribution < 1.29 is 37.3 Å². The summed E-state index contributed by atoms with van der Waals surface area (Å²) in [4.78, 5) is 22.4. The van der Waals surface area contributed by atoms with Crippen LogP contribution in [0, 0.1) is 0 Å². The van der Waals surface area contributed by atoms with E-state index in [2.05, 4.69) is 26.0 Å². The molecule has 0 radical (unpaired) electrons. The molecule has 1 N–H and O–H groups in total. The van der Waals surface area contributed by atoms with Crippen LogP contribution in [0.15, 0.2) is 12.2 Å². The Balaban J connectivity index is 4.12. The Bertz CT molecular complexity index is 696. The molecule has 0 aliphatic carbocycles. The lowest BCUT2D eigenvalue weighted by molar-refractivity contribution is -0.870. The van der Waals surface area contributed by atoms with Crippen molar-refractivity contribution in [3.63, 3.8) is 0 Å². The van der Waals surface area contributed by atoms with E-state index >= 15 is 0 Å². The number of hydrogen-bond acceptors (Lipinski definition) is 6. The topological polar surface area (TPSA) is 91.3 Å². The first kappa shape index (κ1) is 41.2. The summed E-state index contributed by atoms with van der Waals surface area (Å²) >= 11 is 0. The Morgan fingerprint density at radius 1 is 0.714 bits per heavy atom. The third-order valence-electron chi connectivity index (χ3n) is 7.08. The van der Waals surface area contributed by atoms with Gasteiger partial charge in [-0.05, 0) is 38.5 Å². The second-order valence-electron chi connectivity index (χ2n) is 12.5. The van der Waals surface area contributed by atoms with Gasteiger partial charge in [-0.25, -0.2) is 4.57 Å². The lowest BCUT2D eigenvalue weighted by atomic mass is 10.1. The molecule has 0 aromatic carbocycles. The van der Waals surface area contributed by atoms with Gasteiger partial charge in [0.05, 0.1) is 34.4 Å². The molecule has 2 unspecified atom stereocenters. The van der Waals surface area contributed by atoms with Crippen LogP contribution in [-0.2, 0) is 27.9 Å². The highest BCUT2D eigenvalue weighted by atomic mass is 31.2. The van der Waals surface area contributed by atoms with Gasteiger partial charge in [0.15, 0.2) is 0 Å². The maximum Gasteiger partial charge on any atom is 0.472 e. The summed E-state index contributed by atoms with van der Waals surface area (Å²) in [6.45, 7) is 5.47. The standard InChI is InChI=1S/C33H66NO7P/c1-6-8-10-12-13-14-15-16-17-18-19-20-21-22-23-25-28-38-30-32(41-33(35)26-24-11-9-7-2)31-40-42(36,37)39-29-27-34(3,4)5/h16-17,32H,6-15,18-31H2,1-5H3/p+1/b17-16-. The normalized spacial score (nSPS) is 14.3. The number of carbonyl (C=O) groups excluding carboxylic acids is 1. The van der Waals surface area contributed by atoms with Crippen LogP contribution >= 0.6 is 7.82 Å². The zero-order valence-corrected chi connectivity index (χ0v) is 28.9. The van der Waals surface area contributed by atoms with Crippen LogP contribution in [0.2, 0.25) is 0 Å². The zero-order chi connectivity index (χ0) is 31.4. The molecular weight excluding hydrogens is 553 g/mol. The predicted octanol–water partition coefficient (Wildman–Crippen LogP) is 8.76. The number of ether oxygens (including phenoxy) is 2. The minimum Gasteiger partial charge on any atom is -0.457 e. The van der Waals surface area contributed by atoms with Crippen molar-refractivity contribution in [1.82, 2.24) is 0 Å². The number of nitrogens with zero attached hydrogens (tertiary/aromatic N) is 1. The SMILES string of the molecule is CCCCCCCC/C=C\CCCCCCCCOCC(COP(=O)(O)OCC[N+](C)(C)C)OC(=O)CCCCCC. The molecule has 2 atom stereocenters. The molecule has 0 fully saturated rings. The summed E-state index contributed by atoms with van der Waals surface area (Å²) < 4.78 is 34.4. The molecule has 0 bridgehead atoms. The van der Waals surface area contributed by atoms with E-state index in [1.165, 1.54) is 77.0 Å². The summed E-state index contributed by atoms with van der Waals surface area (Å²) in [5, 5.41) is 0. The number of quaternary nitrogens is 1. The molecule has 0 saturated heterocycles. The lowest BCUT2D eigenvalue weighted by Crippen LogP contribution is -2.37. The molecular formula is C33H67NO7P+. The quantitative estimate of drug-likeness (QED) is 0.0272. The number of carbonyl (C=O) groups is 1. The molecule has 9 heteroatoms. The van der Waals surface area contributed by atoms with Gasteiger partial charge in [-0.2, -0.15) is 0 Å². The predicted molar refractivity (Wildman–Crippen MR) is 174 cm³/mol. The van der Waals surface area contributed by atoms with Crippen molar-refractivity contribution in [1.29, 1.82) is 0 Å². The van der Waals surface area contributed by atoms with Gasteiger partial charge in [0.2, 0.25) is 0 Å². The Labute approximate surface area is 259 Å². The molecule has 0 amide bonds. The van der Waals surface area contributed by atoms with Crippen LogP contribution in [0.1, 0.15) is 136 Å². The fourth-order valence-corrected chi connectivity index (χ4v) is 5.11. The van der Waals surface area contributed by atoms with E-state index in [0.29, 0.717) is 24.1 Å². The lowest BCUT2D eigenvalue weighted by Gasteiger charge is -2.24. The highest BCUT2D eigenvalue weighted by Gasteiger charge is 2.26. The Morgan fingerprint density at radius 3 is 1.81 bits per heavy atom. The Hall–Kier alpha value is -0.760. The van der Waals surface area contributed by atoms with Crippen molar-refractivity contribution in [2.45, 2.75) is 142 Å². The monoisotopic (exact) mass is 620 g/mol. The molecule has 0 aliphatic heterocycles. The third-order valence-corrected chi connectivity index (χ3v) is 8.06. The Kier molecular flexibility index (Phi) is 27.3. The van der Waals surface area contributed by atoms with Crippen LogP contribution in [-0.4, -0.2) is 75.6 Å². The van der Waals surface area contributed by atoms with Crippen LogP contribution in [0.5, 0.6) is 0 Å². The Morgan fingerprint density at radius 2 is 1.24 bits per heavy atom. The van der Waals surface area contributed by atoms with E-state index in [1.54, 1.807) is 0 Å². The van der Waals surface area contributed by atoms with Gasteiger partial charge in [-0.15, -0.1) is 0 Å². The third kappa shape index (κ3) is 30.7. The maximum atomic E-state index is 12.3. The first-order valence-corrected chi connectivity index (χ1v) is 18.4. The number of likely N-dealkylation sites (N-methyl/N-ethyl adjacent to an activating group) is 1. The fraction of sp³-hybridized carbons (Fsp3) is 0.909. The van der Waals surface area contributed by atoms with E-state index in [1.807, 2.05) is 21.1 Å². The molecule has 0 aromatic heterocycles. The van der Waals surface area contributed by atoms with Crippen molar-refractivity contribution in [3.05, 3.63) is 12.2 Å². The van der Waals surface area contributed by atoms with Gasteiger partial charge in [-0.3, -0.25) is 13.8 Å². The largest absolute Gasteiger partial charge is 0.472 e. The van der Waals surface area contributed by atoms with Gasteiger partial charge < -0.3 is 18.9 Å². The molecule has 0 aliphatic rings. The van der Waals surface area contributed by atoms with Gasteiger partial charge in [0, 0.05) is 13.0 Å². The fourth-order valence-electron chi connectivity index (χ4n) is 4.37. The molecule has 0 spiro atoms. The zero-order valence-electron chi connectivity index (χ0n) is 28.0. The minimum absolute atomic E-state index is 0.0889. The first-order valence-electron chi connectivity index (χ1n) is 16.9. The van der Waals surface area contributed by atoms with Gasteiger partial charge >= 0.3 is 13.8 Å². The van der Waals surface area contributed by atoms with Gasteiger partial charge in [0.1, 0.15) is 19.3 Å². The molecule has 0 heterocycles. The average Bonchev–Trinajstić information content (AvgIpc) is 2.92. The van der Waals surface area contributed by atoms with Crippen molar-refractivity contribution >= 4 is 13.8 Å². The maximum absolute atomic E-state index is 12.3. The number of hydrogen-bond donors (Lipinski definition) is 1. The molecule has 0 saturated carbocycles. The summed E-state index contributed by atoms with van der Waals surface area (Å²) in [7, 11) is 1.66. The van der Waals surface area contributed by atoms with Crippen LogP contribution < -0.4 is 0 Å². The molecule has 0 rings (SSSR count). The number of esters is 1. The molecule has 250 valence electrons. The molecule has 0 aromatic rings. The van der Waals surface area contributed by atoms with Gasteiger partial charge in [-0.1, -0.05) is 103 Å². The average molecular weight is 621 g/mol. The van der Waals surface area contributed by atoms with Gasteiger partial charge in [0.25, 0.3) is 0 Å². The smallest absolute Gasteiger partial charge is 0.457 e. The summed E-state index contributed by atoms with van der Waals surface area (Å²) in [5.41, 5.74) is 0. The van der Waals surface area contributed by atoms with Crippen molar-refractivity contribution in [2.75, 3.05) is 54.1 Å². The van der Waals surface area contributed by atoms with Crippen molar-refractivity contribution in [3.8, 4) is 0 Å². The number of allylic oxidation sites excluding steroid dienone is 2. The number of rotatable bonds is 31. The molecule has 42 heavy (non-hydrogen) atoms. The van der Waals surface area contributed by atoms with E-state index in [-0.39, 0.29) is 25.8 Å². The summed E-state index contributed by atoms with van der Waals surface area (Å²) in [5.74, 6) is -0.334. The second-order valence-corrected chi connectivity index (χ2v) is 14.0. The van der Waals surface area contributed by atoms with Crippen molar-refractivity contribution in [2.24, 2.45) is 0 Å². The van der Waals surface area contributed by atoms with E-state index in [9.17, 15) is 14.3 Å². The number of phosphoric ester groups is 1. The number of phosphoric acid groups is 1. The summed E-state index contributed by atoms with van der Waals surface area (Å²) in [6, 6.07) is 0. The van der Waals surface area contributed by atoms with E-state index in [4.69, 9.17) is 18.5 Å². The minimum atomic E-state index is -4.25. The van der Waals surface area contributed by atoms with Crippen LogP contribution in [0.3, 0.4) is 0 Å². The first-order chi connectivity index (χ1) is 20.1. The summed E-state index contributed by atoms with van der Waals surface area (Å²) in [6.07, 6.45) is 25.7.